The molecule has 0 fully saturated rings. The molecule has 140 valence electrons. The number of aromatic nitrogens is 2. The molecule has 0 aliphatic rings. The second-order valence-corrected chi connectivity index (χ2v) is 11.4. The van der Waals surface area contributed by atoms with E-state index in [2.05, 4.69) is 109 Å². The number of para-hydroxylation sites is 2. The molecule has 25 heavy (non-hydrogen) atoms. The number of hydrogen-bond donors (Lipinski definition) is 0. The molecular formula is C23H39N2+. The van der Waals surface area contributed by atoms with Crippen molar-refractivity contribution < 1.29 is 4.57 Å². The highest BCUT2D eigenvalue weighted by molar-refractivity contribution is 5.72. The van der Waals surface area contributed by atoms with Crippen LogP contribution in [-0.4, -0.2) is 4.57 Å². The van der Waals surface area contributed by atoms with E-state index >= 15 is 0 Å². The van der Waals surface area contributed by atoms with Crippen LogP contribution >= 0.6 is 0 Å². The van der Waals surface area contributed by atoms with Crippen LogP contribution in [0.4, 0.5) is 0 Å². The largest absolute Gasteiger partial charge is 0.245 e. The molecule has 2 aromatic rings. The van der Waals surface area contributed by atoms with Gasteiger partial charge in [0, 0.05) is 0 Å². The Bertz CT molecular complexity index is 672. The molecule has 0 spiro atoms. The minimum absolute atomic E-state index is 0.0704. The average molecular weight is 344 g/mol. The minimum atomic E-state index is 0.0704. The van der Waals surface area contributed by atoms with E-state index in [4.69, 9.17) is 0 Å². The standard InChI is InChI=1S/C23H39N2/c1-20(2,3)15-22(7,8)24-17-25(19-14-12-11-13-18(19)24)23(9,10)16-21(4,5)6/h11-14,17H,15-16H2,1-10H3/q+1. The second-order valence-electron chi connectivity index (χ2n) is 11.4. The summed E-state index contributed by atoms with van der Waals surface area (Å²) in [6.07, 6.45) is 4.64. The fourth-order valence-electron chi connectivity index (χ4n) is 4.84. The summed E-state index contributed by atoms with van der Waals surface area (Å²) in [6.45, 7) is 23.5. The van der Waals surface area contributed by atoms with Crippen molar-refractivity contribution >= 4 is 11.0 Å². The molecule has 0 aliphatic heterocycles. The Hall–Kier alpha value is -1.31. The summed E-state index contributed by atoms with van der Waals surface area (Å²) in [7, 11) is 0. The van der Waals surface area contributed by atoms with Crippen molar-refractivity contribution in [1.29, 1.82) is 0 Å². The maximum atomic E-state index is 2.50. The first-order valence-electron chi connectivity index (χ1n) is 9.65. The summed E-state index contributed by atoms with van der Waals surface area (Å²) in [5.74, 6) is 0. The first-order chi connectivity index (χ1) is 11.1. The Labute approximate surface area is 155 Å². The van der Waals surface area contributed by atoms with E-state index in [0.29, 0.717) is 10.8 Å². The Morgan fingerprint density at radius 2 is 1.28 bits per heavy atom. The van der Waals surface area contributed by atoms with E-state index in [1.54, 1.807) is 0 Å². The molecule has 0 unspecified atom stereocenters. The van der Waals surface area contributed by atoms with Gasteiger partial charge in [0.1, 0.15) is 11.1 Å². The molecule has 0 aliphatic carbocycles. The fraction of sp³-hybridized carbons (Fsp3) is 0.696. The Morgan fingerprint density at radius 3 is 1.80 bits per heavy atom. The molecule has 1 aromatic carbocycles. The van der Waals surface area contributed by atoms with Gasteiger partial charge in [0.2, 0.25) is 6.33 Å². The third-order valence-corrected chi connectivity index (χ3v) is 4.86. The number of fused-ring (bicyclic) bond motifs is 1. The van der Waals surface area contributed by atoms with Crippen molar-refractivity contribution in [3.63, 3.8) is 0 Å². The normalized spacial score (nSPS) is 14.3. The minimum Gasteiger partial charge on any atom is -0.225 e. The number of hydrogen-bond acceptors (Lipinski definition) is 0. The Morgan fingerprint density at radius 1 is 0.760 bits per heavy atom. The molecule has 0 saturated heterocycles. The maximum absolute atomic E-state index is 2.50. The molecule has 0 radical (unpaired) electrons. The van der Waals surface area contributed by atoms with Crippen molar-refractivity contribution in [2.45, 2.75) is 93.2 Å². The van der Waals surface area contributed by atoms with Gasteiger partial charge in [-0.25, -0.2) is 9.13 Å². The first kappa shape index (κ1) is 20.0. The average Bonchev–Trinajstić information content (AvgIpc) is 2.73. The van der Waals surface area contributed by atoms with Crippen LogP contribution in [0.1, 0.15) is 82.1 Å². The third kappa shape index (κ3) is 4.65. The van der Waals surface area contributed by atoms with Crippen molar-refractivity contribution in [2.24, 2.45) is 10.8 Å². The van der Waals surface area contributed by atoms with Gasteiger partial charge in [0.25, 0.3) is 0 Å². The van der Waals surface area contributed by atoms with E-state index in [9.17, 15) is 0 Å². The molecule has 0 amide bonds. The van der Waals surface area contributed by atoms with E-state index in [-0.39, 0.29) is 11.1 Å². The molecule has 1 aromatic heterocycles. The number of nitrogens with zero attached hydrogens (tertiary/aromatic N) is 2. The molecule has 0 N–H and O–H groups in total. The van der Waals surface area contributed by atoms with Gasteiger partial charge in [-0.2, -0.15) is 0 Å². The van der Waals surface area contributed by atoms with Gasteiger partial charge >= 0.3 is 0 Å². The number of rotatable bonds is 4. The number of imidazole rings is 1. The fourth-order valence-corrected chi connectivity index (χ4v) is 4.84. The van der Waals surface area contributed by atoms with Crippen LogP contribution in [-0.2, 0) is 11.1 Å². The molecule has 0 bridgehead atoms. The van der Waals surface area contributed by atoms with Crippen LogP contribution in [0.5, 0.6) is 0 Å². The monoisotopic (exact) mass is 343 g/mol. The zero-order chi connectivity index (χ0) is 19.3. The van der Waals surface area contributed by atoms with Gasteiger partial charge in [-0.1, -0.05) is 53.7 Å². The first-order valence-corrected chi connectivity index (χ1v) is 9.65. The van der Waals surface area contributed by atoms with Gasteiger partial charge in [0.05, 0.1) is 0 Å². The van der Waals surface area contributed by atoms with Crippen molar-refractivity contribution in [3.8, 4) is 0 Å². The Kier molecular flexibility index (Phi) is 4.92. The lowest BCUT2D eigenvalue weighted by Gasteiger charge is -2.31. The van der Waals surface area contributed by atoms with E-state index in [0.717, 1.165) is 12.8 Å². The summed E-state index contributed by atoms with van der Waals surface area (Å²) < 4.78 is 5.00. The van der Waals surface area contributed by atoms with Crippen LogP contribution in [0.25, 0.3) is 11.0 Å². The van der Waals surface area contributed by atoms with E-state index < -0.39 is 0 Å². The zero-order valence-electron chi connectivity index (χ0n) is 18.2. The summed E-state index contributed by atoms with van der Waals surface area (Å²) in [6, 6.07) is 8.85. The molecule has 0 saturated carbocycles. The van der Waals surface area contributed by atoms with Gasteiger partial charge in [-0.15, -0.1) is 0 Å². The molecule has 0 atom stereocenters. The van der Waals surface area contributed by atoms with Gasteiger partial charge in [-0.3, -0.25) is 0 Å². The van der Waals surface area contributed by atoms with Gasteiger partial charge in [-0.05, 0) is 63.5 Å². The molecular weight excluding hydrogens is 304 g/mol. The lowest BCUT2D eigenvalue weighted by molar-refractivity contribution is -0.738. The van der Waals surface area contributed by atoms with Crippen LogP contribution in [0.3, 0.4) is 0 Å². The van der Waals surface area contributed by atoms with Crippen LogP contribution in [0, 0.1) is 10.8 Å². The SMILES string of the molecule is CC(C)(C)CC(C)(C)n1c[n+](C(C)(C)CC(C)(C)C)c2ccccc21. The van der Waals surface area contributed by atoms with Crippen LogP contribution < -0.4 is 4.57 Å². The number of benzene rings is 1. The predicted octanol–water partition coefficient (Wildman–Crippen LogP) is 6.27. The van der Waals surface area contributed by atoms with Crippen molar-refractivity contribution in [1.82, 2.24) is 4.57 Å². The summed E-state index contributed by atoms with van der Waals surface area (Å²) in [5.41, 5.74) is 3.39. The maximum Gasteiger partial charge on any atom is 0.245 e. The molecule has 2 rings (SSSR count). The molecule has 2 heteroatoms. The lowest BCUT2D eigenvalue weighted by atomic mass is 9.81. The van der Waals surface area contributed by atoms with Gasteiger partial charge in [0.15, 0.2) is 11.0 Å². The highest BCUT2D eigenvalue weighted by atomic mass is 15.2. The zero-order valence-corrected chi connectivity index (χ0v) is 18.2. The van der Waals surface area contributed by atoms with E-state index in [1.807, 2.05) is 0 Å². The summed E-state index contributed by atoms with van der Waals surface area (Å²) >= 11 is 0. The lowest BCUT2D eigenvalue weighted by Crippen LogP contribution is -2.53. The van der Waals surface area contributed by atoms with Crippen LogP contribution in [0.2, 0.25) is 0 Å². The van der Waals surface area contributed by atoms with Crippen molar-refractivity contribution in [2.75, 3.05) is 0 Å². The topological polar surface area (TPSA) is 8.81 Å². The molecule has 1 heterocycles. The summed E-state index contributed by atoms with van der Waals surface area (Å²) in [5, 5.41) is 0. The van der Waals surface area contributed by atoms with Crippen LogP contribution in [0.15, 0.2) is 30.6 Å². The summed E-state index contributed by atoms with van der Waals surface area (Å²) in [4.78, 5) is 0. The Balaban J connectivity index is 2.62. The smallest absolute Gasteiger partial charge is 0.225 e. The highest BCUT2D eigenvalue weighted by Crippen LogP contribution is 2.35. The van der Waals surface area contributed by atoms with Crippen molar-refractivity contribution in [3.05, 3.63) is 30.6 Å². The predicted molar refractivity (Wildman–Crippen MR) is 109 cm³/mol. The second kappa shape index (κ2) is 6.14. The quantitative estimate of drug-likeness (QED) is 0.578. The van der Waals surface area contributed by atoms with E-state index in [1.165, 1.54) is 11.0 Å². The third-order valence-electron chi connectivity index (χ3n) is 4.86. The highest BCUT2D eigenvalue weighted by Gasteiger charge is 2.38. The molecule has 2 nitrogen and oxygen atoms in total. The van der Waals surface area contributed by atoms with Gasteiger partial charge < -0.3 is 0 Å².